The fourth-order valence-corrected chi connectivity index (χ4v) is 1.58. The predicted octanol–water partition coefficient (Wildman–Crippen LogP) is 1.79. The summed E-state index contributed by atoms with van der Waals surface area (Å²) >= 11 is 5.81. The van der Waals surface area contributed by atoms with Gasteiger partial charge in [-0.05, 0) is 24.6 Å². The highest BCUT2D eigenvalue weighted by atomic mass is 35.5. The summed E-state index contributed by atoms with van der Waals surface area (Å²) < 4.78 is 5.42. The minimum atomic E-state index is -0.310. The van der Waals surface area contributed by atoms with Crippen LogP contribution in [0.25, 0.3) is 0 Å². The van der Waals surface area contributed by atoms with Crippen LogP contribution in [0.2, 0.25) is 5.02 Å². The van der Waals surface area contributed by atoms with Crippen LogP contribution in [0.1, 0.15) is 13.3 Å². The molecule has 1 rings (SSSR count). The van der Waals surface area contributed by atoms with E-state index in [1.165, 1.54) is 0 Å². The van der Waals surface area contributed by atoms with E-state index in [2.05, 4.69) is 10.6 Å². The highest BCUT2D eigenvalue weighted by Crippen LogP contribution is 2.16. The molecule has 106 valence electrons. The monoisotopic (exact) mass is 286 g/mol. The van der Waals surface area contributed by atoms with Gasteiger partial charge >= 0.3 is 6.03 Å². The summed E-state index contributed by atoms with van der Waals surface area (Å²) in [7, 11) is 0. The minimum absolute atomic E-state index is 0.0665. The number of benzene rings is 1. The van der Waals surface area contributed by atoms with Crippen molar-refractivity contribution in [2.75, 3.05) is 19.8 Å². The van der Waals surface area contributed by atoms with Crippen molar-refractivity contribution in [3.63, 3.8) is 0 Å². The van der Waals surface area contributed by atoms with Crippen LogP contribution >= 0.6 is 11.6 Å². The lowest BCUT2D eigenvalue weighted by molar-refractivity contribution is 0.212. The molecule has 0 aliphatic carbocycles. The molecule has 0 fully saturated rings. The first-order chi connectivity index (χ1) is 9.15. The van der Waals surface area contributed by atoms with E-state index in [0.29, 0.717) is 30.3 Å². The van der Waals surface area contributed by atoms with E-state index in [9.17, 15) is 4.79 Å². The molecule has 1 aromatic rings. The molecule has 0 aliphatic heterocycles. The van der Waals surface area contributed by atoms with Gasteiger partial charge in [0.25, 0.3) is 0 Å². The first kappa shape index (κ1) is 15.6. The Labute approximate surface area is 117 Å². The van der Waals surface area contributed by atoms with E-state index >= 15 is 0 Å². The number of carbonyl (C=O) groups excluding carboxylic acids is 1. The number of nitrogens with one attached hydrogen (secondary N) is 2. The Morgan fingerprint density at radius 2 is 2.32 bits per heavy atom. The molecule has 0 aliphatic rings. The minimum Gasteiger partial charge on any atom is -0.492 e. The molecule has 0 bridgehead atoms. The number of hydrogen-bond acceptors (Lipinski definition) is 3. The number of urea groups is 1. The Morgan fingerprint density at radius 3 is 2.95 bits per heavy atom. The first-order valence-electron chi connectivity index (χ1n) is 6.19. The van der Waals surface area contributed by atoms with Gasteiger partial charge in [0.15, 0.2) is 0 Å². The maximum atomic E-state index is 11.4. The fraction of sp³-hybridized carbons (Fsp3) is 0.462. The van der Waals surface area contributed by atoms with Gasteiger partial charge in [0, 0.05) is 5.02 Å². The number of aliphatic hydroxyl groups is 1. The molecule has 0 aromatic heterocycles. The summed E-state index contributed by atoms with van der Waals surface area (Å²) in [4.78, 5) is 11.4. The standard InChI is InChI=1S/C13H19ClN2O3/c1-2-11(9-17)16-13(18)15-6-7-19-12-5-3-4-10(14)8-12/h3-5,8,11,17H,2,6-7,9H2,1H3,(H2,15,16,18). The summed E-state index contributed by atoms with van der Waals surface area (Å²) in [6.07, 6.45) is 0.683. The van der Waals surface area contributed by atoms with Crippen molar-refractivity contribution in [1.82, 2.24) is 10.6 Å². The van der Waals surface area contributed by atoms with Crippen molar-refractivity contribution in [2.45, 2.75) is 19.4 Å². The molecule has 1 unspecified atom stereocenters. The number of ether oxygens (including phenoxy) is 1. The molecular formula is C13H19ClN2O3. The number of amides is 2. The van der Waals surface area contributed by atoms with E-state index in [0.717, 1.165) is 0 Å². The summed E-state index contributed by atoms with van der Waals surface area (Å²) in [5.41, 5.74) is 0. The Kier molecular flexibility index (Phi) is 7.07. The fourth-order valence-electron chi connectivity index (χ4n) is 1.40. The molecular weight excluding hydrogens is 268 g/mol. The van der Waals surface area contributed by atoms with Crippen molar-refractivity contribution < 1.29 is 14.6 Å². The van der Waals surface area contributed by atoms with Gasteiger partial charge in [-0.3, -0.25) is 0 Å². The number of halogens is 1. The number of rotatable bonds is 7. The van der Waals surface area contributed by atoms with E-state index in [1.807, 2.05) is 6.92 Å². The lowest BCUT2D eigenvalue weighted by Crippen LogP contribution is -2.44. The Morgan fingerprint density at radius 1 is 1.53 bits per heavy atom. The predicted molar refractivity (Wildman–Crippen MR) is 74.6 cm³/mol. The molecule has 0 saturated carbocycles. The smallest absolute Gasteiger partial charge is 0.315 e. The third-order valence-electron chi connectivity index (χ3n) is 2.50. The second kappa shape index (κ2) is 8.61. The van der Waals surface area contributed by atoms with Crippen LogP contribution in [0, 0.1) is 0 Å². The van der Waals surface area contributed by atoms with Crippen LogP contribution in [0.15, 0.2) is 24.3 Å². The largest absolute Gasteiger partial charge is 0.492 e. The SMILES string of the molecule is CCC(CO)NC(=O)NCCOc1cccc(Cl)c1. The van der Waals surface area contributed by atoms with Gasteiger partial charge < -0.3 is 20.5 Å². The maximum absolute atomic E-state index is 11.4. The third-order valence-corrected chi connectivity index (χ3v) is 2.74. The number of hydrogen-bond donors (Lipinski definition) is 3. The summed E-state index contributed by atoms with van der Waals surface area (Å²) in [6.45, 7) is 2.55. The molecule has 3 N–H and O–H groups in total. The Balaban J connectivity index is 2.18. The number of aliphatic hydroxyl groups excluding tert-OH is 1. The maximum Gasteiger partial charge on any atom is 0.315 e. The van der Waals surface area contributed by atoms with Gasteiger partial charge in [0.2, 0.25) is 0 Å². The zero-order chi connectivity index (χ0) is 14.1. The van der Waals surface area contributed by atoms with Gasteiger partial charge in [-0.2, -0.15) is 0 Å². The lowest BCUT2D eigenvalue weighted by Gasteiger charge is -2.14. The van der Waals surface area contributed by atoms with Gasteiger partial charge in [-0.1, -0.05) is 24.6 Å². The number of carbonyl (C=O) groups is 1. The Bertz CT molecular complexity index is 397. The van der Waals surface area contributed by atoms with E-state index in [4.69, 9.17) is 21.4 Å². The van der Waals surface area contributed by atoms with E-state index in [1.54, 1.807) is 24.3 Å². The molecule has 0 heterocycles. The normalized spacial score (nSPS) is 11.7. The molecule has 2 amide bonds. The van der Waals surface area contributed by atoms with Crippen molar-refractivity contribution >= 4 is 17.6 Å². The average Bonchev–Trinajstić information content (AvgIpc) is 2.41. The van der Waals surface area contributed by atoms with Crippen molar-refractivity contribution in [1.29, 1.82) is 0 Å². The van der Waals surface area contributed by atoms with Gasteiger partial charge in [-0.25, -0.2) is 4.79 Å². The Hall–Kier alpha value is -1.46. The van der Waals surface area contributed by atoms with E-state index < -0.39 is 0 Å². The van der Waals surface area contributed by atoms with Gasteiger partial charge in [0.1, 0.15) is 12.4 Å². The molecule has 6 heteroatoms. The molecule has 0 saturated heterocycles. The lowest BCUT2D eigenvalue weighted by atomic mass is 10.2. The molecule has 1 atom stereocenters. The summed E-state index contributed by atoms with van der Waals surface area (Å²) in [5, 5.41) is 14.8. The second-order valence-electron chi connectivity index (χ2n) is 3.99. The molecule has 5 nitrogen and oxygen atoms in total. The summed E-state index contributed by atoms with van der Waals surface area (Å²) in [5.74, 6) is 0.663. The zero-order valence-electron chi connectivity index (χ0n) is 10.9. The molecule has 19 heavy (non-hydrogen) atoms. The first-order valence-corrected chi connectivity index (χ1v) is 6.57. The second-order valence-corrected chi connectivity index (χ2v) is 4.43. The summed E-state index contributed by atoms with van der Waals surface area (Å²) in [6, 6.07) is 6.54. The van der Waals surface area contributed by atoms with Gasteiger partial charge in [0.05, 0.1) is 19.2 Å². The van der Waals surface area contributed by atoms with E-state index in [-0.39, 0.29) is 18.7 Å². The van der Waals surface area contributed by atoms with Crippen LogP contribution in [0.4, 0.5) is 4.79 Å². The van der Waals surface area contributed by atoms with Crippen LogP contribution in [0.5, 0.6) is 5.75 Å². The molecule has 1 aromatic carbocycles. The van der Waals surface area contributed by atoms with Crippen molar-refractivity contribution in [3.05, 3.63) is 29.3 Å². The third kappa shape index (κ3) is 6.31. The van der Waals surface area contributed by atoms with Crippen LogP contribution in [-0.4, -0.2) is 36.9 Å². The van der Waals surface area contributed by atoms with Gasteiger partial charge in [-0.15, -0.1) is 0 Å². The topological polar surface area (TPSA) is 70.6 Å². The zero-order valence-corrected chi connectivity index (χ0v) is 11.6. The highest BCUT2D eigenvalue weighted by molar-refractivity contribution is 6.30. The molecule has 0 spiro atoms. The highest BCUT2D eigenvalue weighted by Gasteiger charge is 2.07. The van der Waals surface area contributed by atoms with Crippen molar-refractivity contribution in [2.24, 2.45) is 0 Å². The van der Waals surface area contributed by atoms with Crippen LogP contribution in [-0.2, 0) is 0 Å². The van der Waals surface area contributed by atoms with Crippen LogP contribution < -0.4 is 15.4 Å². The van der Waals surface area contributed by atoms with Crippen LogP contribution in [0.3, 0.4) is 0 Å². The van der Waals surface area contributed by atoms with Crippen molar-refractivity contribution in [3.8, 4) is 5.75 Å². The average molecular weight is 287 g/mol. The quantitative estimate of drug-likeness (QED) is 0.669. The molecule has 0 radical (unpaired) electrons.